The first-order chi connectivity index (χ1) is 8.96. The molecule has 0 heterocycles. The maximum Gasteiger partial charge on any atom is 0.0718 e. The van der Waals surface area contributed by atoms with E-state index in [1.807, 2.05) is 0 Å². The van der Waals surface area contributed by atoms with Gasteiger partial charge in [0.25, 0.3) is 0 Å². The summed E-state index contributed by atoms with van der Waals surface area (Å²) in [5, 5.41) is 11.4. The van der Waals surface area contributed by atoms with E-state index in [-0.39, 0.29) is 5.41 Å². The van der Waals surface area contributed by atoms with Gasteiger partial charge in [0, 0.05) is 12.0 Å². The first-order valence-electron chi connectivity index (χ1n) is 8.39. The zero-order valence-corrected chi connectivity index (χ0v) is 13.1. The van der Waals surface area contributed by atoms with Crippen molar-refractivity contribution in [2.45, 2.75) is 77.7 Å². The van der Waals surface area contributed by atoms with Crippen molar-refractivity contribution in [1.29, 1.82) is 0 Å². The van der Waals surface area contributed by atoms with E-state index < -0.39 is 5.60 Å². The van der Waals surface area contributed by atoms with Crippen LogP contribution >= 0.6 is 0 Å². The largest absolute Gasteiger partial charge is 0.389 e. The van der Waals surface area contributed by atoms with Crippen LogP contribution in [0.1, 0.15) is 72.1 Å². The first kappa shape index (κ1) is 15.3. The molecule has 0 bridgehead atoms. The van der Waals surface area contributed by atoms with Gasteiger partial charge in [0.1, 0.15) is 0 Å². The van der Waals surface area contributed by atoms with Gasteiger partial charge in [0.2, 0.25) is 0 Å². The van der Waals surface area contributed by atoms with E-state index in [0.29, 0.717) is 12.5 Å². The second kappa shape index (κ2) is 5.73. The molecular formula is C17H33NO. The van der Waals surface area contributed by atoms with Crippen molar-refractivity contribution in [2.75, 3.05) is 6.54 Å². The van der Waals surface area contributed by atoms with Crippen molar-refractivity contribution in [3.8, 4) is 0 Å². The molecular weight excluding hydrogens is 234 g/mol. The van der Waals surface area contributed by atoms with Gasteiger partial charge in [-0.15, -0.1) is 0 Å². The summed E-state index contributed by atoms with van der Waals surface area (Å²) in [6.45, 7) is 7.59. The monoisotopic (exact) mass is 267 g/mol. The summed E-state index contributed by atoms with van der Waals surface area (Å²) in [5.74, 6) is 2.15. The normalized spacial score (nSPS) is 48.2. The van der Waals surface area contributed by atoms with Gasteiger partial charge < -0.3 is 10.8 Å². The van der Waals surface area contributed by atoms with E-state index in [4.69, 9.17) is 5.73 Å². The predicted molar refractivity (Wildman–Crippen MR) is 80.9 cm³/mol. The van der Waals surface area contributed by atoms with Gasteiger partial charge >= 0.3 is 0 Å². The molecule has 112 valence electrons. The molecule has 2 rings (SSSR count). The van der Waals surface area contributed by atoms with Gasteiger partial charge in [-0.2, -0.15) is 0 Å². The lowest BCUT2D eigenvalue weighted by Gasteiger charge is -2.55. The molecule has 2 aliphatic rings. The van der Waals surface area contributed by atoms with Crippen molar-refractivity contribution >= 4 is 0 Å². The minimum Gasteiger partial charge on any atom is -0.389 e. The maximum atomic E-state index is 11.4. The Hall–Kier alpha value is -0.0800. The van der Waals surface area contributed by atoms with Crippen LogP contribution in [0.4, 0.5) is 0 Å². The quantitative estimate of drug-likeness (QED) is 0.818. The van der Waals surface area contributed by atoms with Crippen LogP contribution in [0.3, 0.4) is 0 Å². The van der Waals surface area contributed by atoms with E-state index in [1.165, 1.54) is 19.3 Å². The number of aliphatic hydroxyl groups is 1. The minimum absolute atomic E-state index is 0.000324. The number of rotatable bonds is 3. The summed E-state index contributed by atoms with van der Waals surface area (Å²) in [6, 6.07) is 0. The van der Waals surface area contributed by atoms with Crippen molar-refractivity contribution in [2.24, 2.45) is 28.9 Å². The zero-order chi connectivity index (χ0) is 14.1. The molecule has 0 aromatic heterocycles. The summed E-state index contributed by atoms with van der Waals surface area (Å²) in [7, 11) is 0. The highest BCUT2D eigenvalue weighted by Gasteiger charge is 2.53. The molecule has 5 atom stereocenters. The molecule has 19 heavy (non-hydrogen) atoms. The van der Waals surface area contributed by atoms with E-state index in [0.717, 1.165) is 43.9 Å². The molecule has 5 unspecified atom stereocenters. The summed E-state index contributed by atoms with van der Waals surface area (Å²) >= 11 is 0. The SMILES string of the molecule is CCC1CCCC(CN)(C2(O)CCC(C)C(C)C2)C1. The van der Waals surface area contributed by atoms with Crippen LogP contribution in [0.25, 0.3) is 0 Å². The standard InChI is InChI=1S/C17H33NO/c1-4-15-6-5-8-16(11-15,12-18)17(19)9-7-13(2)14(3)10-17/h13-15,19H,4-12,18H2,1-3H3. The number of hydrogen-bond acceptors (Lipinski definition) is 2. The lowest BCUT2D eigenvalue weighted by atomic mass is 9.54. The van der Waals surface area contributed by atoms with Crippen molar-refractivity contribution < 1.29 is 5.11 Å². The second-order valence-electron chi connectivity index (χ2n) is 7.58. The Labute approximate surface area is 119 Å². The smallest absolute Gasteiger partial charge is 0.0718 e. The minimum atomic E-state index is -0.498. The Morgan fingerprint density at radius 1 is 1.11 bits per heavy atom. The van der Waals surface area contributed by atoms with Crippen LogP contribution in [-0.4, -0.2) is 17.3 Å². The fourth-order valence-corrected chi connectivity index (χ4v) is 4.70. The second-order valence-corrected chi connectivity index (χ2v) is 7.58. The molecule has 2 nitrogen and oxygen atoms in total. The molecule has 0 amide bonds. The van der Waals surface area contributed by atoms with Crippen LogP contribution < -0.4 is 5.73 Å². The van der Waals surface area contributed by atoms with Crippen LogP contribution in [-0.2, 0) is 0 Å². The van der Waals surface area contributed by atoms with Crippen molar-refractivity contribution in [1.82, 2.24) is 0 Å². The van der Waals surface area contributed by atoms with Gasteiger partial charge in [0.15, 0.2) is 0 Å². The average molecular weight is 267 g/mol. The molecule has 0 radical (unpaired) electrons. The maximum absolute atomic E-state index is 11.4. The van der Waals surface area contributed by atoms with E-state index in [2.05, 4.69) is 20.8 Å². The third-order valence-electron chi connectivity index (χ3n) is 6.55. The molecule has 0 aliphatic heterocycles. The number of nitrogens with two attached hydrogens (primary N) is 1. The highest BCUT2D eigenvalue weighted by molar-refractivity contribution is 5.05. The summed E-state index contributed by atoms with van der Waals surface area (Å²) in [6.07, 6.45) is 9.20. The summed E-state index contributed by atoms with van der Waals surface area (Å²) in [4.78, 5) is 0. The molecule has 2 aliphatic carbocycles. The lowest BCUT2D eigenvalue weighted by Crippen LogP contribution is -2.57. The highest BCUT2D eigenvalue weighted by Crippen LogP contribution is 2.54. The van der Waals surface area contributed by atoms with Crippen molar-refractivity contribution in [3.05, 3.63) is 0 Å². The van der Waals surface area contributed by atoms with Crippen LogP contribution in [0.5, 0.6) is 0 Å². The van der Waals surface area contributed by atoms with Crippen LogP contribution in [0.2, 0.25) is 0 Å². The molecule has 3 N–H and O–H groups in total. The van der Waals surface area contributed by atoms with Gasteiger partial charge in [-0.1, -0.05) is 40.0 Å². The van der Waals surface area contributed by atoms with Gasteiger partial charge in [-0.25, -0.2) is 0 Å². The Morgan fingerprint density at radius 3 is 2.42 bits per heavy atom. The van der Waals surface area contributed by atoms with E-state index in [9.17, 15) is 5.11 Å². The number of hydrogen-bond donors (Lipinski definition) is 2. The van der Waals surface area contributed by atoms with Crippen molar-refractivity contribution in [3.63, 3.8) is 0 Å². The summed E-state index contributed by atoms with van der Waals surface area (Å²) in [5.41, 5.74) is 5.69. The molecule has 2 heteroatoms. The van der Waals surface area contributed by atoms with E-state index in [1.54, 1.807) is 0 Å². The Bertz CT molecular complexity index is 306. The molecule has 0 aromatic rings. The lowest BCUT2D eigenvalue weighted by molar-refractivity contribution is -0.146. The molecule has 0 spiro atoms. The highest BCUT2D eigenvalue weighted by atomic mass is 16.3. The molecule has 0 saturated heterocycles. The van der Waals surface area contributed by atoms with Crippen LogP contribution in [0.15, 0.2) is 0 Å². The fraction of sp³-hybridized carbons (Fsp3) is 1.00. The molecule has 2 saturated carbocycles. The van der Waals surface area contributed by atoms with E-state index >= 15 is 0 Å². The predicted octanol–water partition coefficient (Wildman–Crippen LogP) is 3.72. The Kier molecular flexibility index (Phi) is 4.62. The Balaban J connectivity index is 2.19. The third kappa shape index (κ3) is 2.71. The van der Waals surface area contributed by atoms with Gasteiger partial charge in [-0.3, -0.25) is 0 Å². The van der Waals surface area contributed by atoms with Crippen LogP contribution in [0, 0.1) is 23.2 Å². The fourth-order valence-electron chi connectivity index (χ4n) is 4.70. The summed E-state index contributed by atoms with van der Waals surface area (Å²) < 4.78 is 0. The topological polar surface area (TPSA) is 46.2 Å². The third-order valence-corrected chi connectivity index (χ3v) is 6.55. The first-order valence-corrected chi connectivity index (χ1v) is 8.39. The van der Waals surface area contributed by atoms with Gasteiger partial charge in [0.05, 0.1) is 5.60 Å². The molecule has 0 aromatic carbocycles. The average Bonchev–Trinajstić information content (AvgIpc) is 2.43. The zero-order valence-electron chi connectivity index (χ0n) is 13.1. The Morgan fingerprint density at radius 2 is 1.84 bits per heavy atom. The van der Waals surface area contributed by atoms with Gasteiger partial charge in [-0.05, 0) is 49.9 Å². The molecule has 2 fully saturated rings.